The predicted octanol–water partition coefficient (Wildman–Crippen LogP) is 3.22. The molecule has 1 amide bonds. The lowest BCUT2D eigenvalue weighted by molar-refractivity contribution is -0.114. The first-order chi connectivity index (χ1) is 13.0. The number of para-hydroxylation sites is 1. The molecule has 2 aromatic carbocycles. The number of aryl methyl sites for hydroxylation is 1. The fourth-order valence-corrected chi connectivity index (χ4v) is 4.14. The Hall–Kier alpha value is -3.19. The average molecular weight is 381 g/mol. The summed E-state index contributed by atoms with van der Waals surface area (Å²) in [5, 5.41) is 2.68. The van der Waals surface area contributed by atoms with E-state index in [2.05, 4.69) is 10.3 Å². The molecule has 7 heteroatoms. The van der Waals surface area contributed by atoms with Crippen molar-refractivity contribution in [1.82, 2.24) is 4.98 Å². The molecule has 0 aliphatic heterocycles. The Balaban J connectivity index is 1.96. The molecule has 1 N–H and O–H groups in total. The van der Waals surface area contributed by atoms with E-state index in [4.69, 9.17) is 0 Å². The molecule has 138 valence electrons. The van der Waals surface area contributed by atoms with Crippen LogP contribution in [0.5, 0.6) is 0 Å². The van der Waals surface area contributed by atoms with Gasteiger partial charge in [0.1, 0.15) is 6.54 Å². The highest BCUT2D eigenvalue weighted by Crippen LogP contribution is 2.26. The van der Waals surface area contributed by atoms with Gasteiger partial charge in [-0.1, -0.05) is 36.4 Å². The van der Waals surface area contributed by atoms with Crippen LogP contribution in [0.2, 0.25) is 0 Å². The van der Waals surface area contributed by atoms with Crippen molar-refractivity contribution in [2.24, 2.45) is 0 Å². The summed E-state index contributed by atoms with van der Waals surface area (Å²) in [7, 11) is -3.91. The Bertz CT molecular complexity index is 1020. The molecule has 0 aliphatic carbocycles. The number of aromatic nitrogens is 1. The van der Waals surface area contributed by atoms with Gasteiger partial charge >= 0.3 is 0 Å². The molecule has 0 bridgehead atoms. The molecule has 0 saturated heterocycles. The zero-order chi connectivity index (χ0) is 19.3. The highest BCUT2D eigenvalue weighted by atomic mass is 32.2. The maximum absolute atomic E-state index is 13.2. The molecule has 0 saturated carbocycles. The third-order valence-corrected chi connectivity index (χ3v) is 5.72. The first-order valence-corrected chi connectivity index (χ1v) is 9.76. The zero-order valence-corrected chi connectivity index (χ0v) is 15.6. The van der Waals surface area contributed by atoms with Crippen LogP contribution in [0.15, 0.2) is 84.0 Å². The van der Waals surface area contributed by atoms with Crippen LogP contribution in [0.3, 0.4) is 0 Å². The van der Waals surface area contributed by atoms with Crippen LogP contribution in [-0.2, 0) is 14.8 Å². The van der Waals surface area contributed by atoms with Crippen molar-refractivity contribution in [3.63, 3.8) is 0 Å². The number of hydrogen-bond acceptors (Lipinski definition) is 4. The molecule has 3 rings (SSSR count). The minimum atomic E-state index is -3.91. The quantitative estimate of drug-likeness (QED) is 0.711. The van der Waals surface area contributed by atoms with Gasteiger partial charge in [0.15, 0.2) is 0 Å². The van der Waals surface area contributed by atoms with Gasteiger partial charge < -0.3 is 5.32 Å². The van der Waals surface area contributed by atoms with Crippen LogP contribution in [0, 0.1) is 6.92 Å². The third kappa shape index (κ3) is 4.32. The van der Waals surface area contributed by atoms with E-state index >= 15 is 0 Å². The van der Waals surface area contributed by atoms with Crippen molar-refractivity contribution in [3.8, 4) is 0 Å². The van der Waals surface area contributed by atoms with Gasteiger partial charge in [0.2, 0.25) is 5.91 Å². The average Bonchev–Trinajstić information content (AvgIpc) is 2.68. The second-order valence-electron chi connectivity index (χ2n) is 5.90. The number of rotatable bonds is 6. The van der Waals surface area contributed by atoms with Gasteiger partial charge in [0.25, 0.3) is 10.0 Å². The fourth-order valence-electron chi connectivity index (χ4n) is 2.63. The topological polar surface area (TPSA) is 79.4 Å². The number of carbonyl (C=O) groups is 1. The summed E-state index contributed by atoms with van der Waals surface area (Å²) in [6, 6.07) is 18.5. The number of sulfonamides is 1. The Morgan fingerprint density at radius 3 is 2.37 bits per heavy atom. The normalized spacial score (nSPS) is 11.0. The largest absolute Gasteiger partial charge is 0.323 e. The van der Waals surface area contributed by atoms with Crippen molar-refractivity contribution in [2.75, 3.05) is 16.2 Å². The smallest absolute Gasteiger partial charge is 0.264 e. The van der Waals surface area contributed by atoms with Gasteiger partial charge in [-0.2, -0.15) is 0 Å². The van der Waals surface area contributed by atoms with Gasteiger partial charge in [0.05, 0.1) is 22.5 Å². The maximum Gasteiger partial charge on any atom is 0.264 e. The maximum atomic E-state index is 13.2. The molecule has 27 heavy (non-hydrogen) atoms. The van der Waals surface area contributed by atoms with Gasteiger partial charge in [0, 0.05) is 6.20 Å². The fraction of sp³-hybridized carbons (Fsp3) is 0.100. The van der Waals surface area contributed by atoms with Gasteiger partial charge in [-0.25, -0.2) is 8.42 Å². The van der Waals surface area contributed by atoms with Crippen molar-refractivity contribution < 1.29 is 13.2 Å². The lowest BCUT2D eigenvalue weighted by atomic mass is 10.2. The first-order valence-electron chi connectivity index (χ1n) is 8.32. The van der Waals surface area contributed by atoms with E-state index < -0.39 is 15.9 Å². The number of amides is 1. The van der Waals surface area contributed by atoms with Crippen molar-refractivity contribution >= 4 is 27.3 Å². The van der Waals surface area contributed by atoms with Gasteiger partial charge in [-0.3, -0.25) is 14.1 Å². The third-order valence-electron chi connectivity index (χ3n) is 3.95. The van der Waals surface area contributed by atoms with Crippen molar-refractivity contribution in [2.45, 2.75) is 11.8 Å². The molecule has 0 fully saturated rings. The van der Waals surface area contributed by atoms with E-state index in [1.54, 1.807) is 48.7 Å². The molecule has 6 nitrogen and oxygen atoms in total. The lowest BCUT2D eigenvalue weighted by Gasteiger charge is -2.25. The van der Waals surface area contributed by atoms with Gasteiger partial charge in [-0.05, 0) is 42.8 Å². The number of anilines is 2. The van der Waals surface area contributed by atoms with E-state index in [-0.39, 0.29) is 11.4 Å². The highest BCUT2D eigenvalue weighted by Gasteiger charge is 2.28. The Morgan fingerprint density at radius 1 is 1.00 bits per heavy atom. The SMILES string of the molecule is Cc1ccccc1N(CC(=O)Nc1cccnc1)S(=O)(=O)c1ccccc1. The van der Waals surface area contributed by atoms with Crippen LogP contribution in [0.4, 0.5) is 11.4 Å². The molecule has 0 atom stereocenters. The number of hydrogen-bond donors (Lipinski definition) is 1. The summed E-state index contributed by atoms with van der Waals surface area (Å²) in [6.07, 6.45) is 3.09. The monoisotopic (exact) mass is 381 g/mol. The van der Waals surface area contributed by atoms with Crippen molar-refractivity contribution in [1.29, 1.82) is 0 Å². The second kappa shape index (κ2) is 8.01. The summed E-state index contributed by atoms with van der Waals surface area (Å²) >= 11 is 0. The molecule has 0 radical (unpaired) electrons. The van der Waals surface area contributed by atoms with E-state index in [0.29, 0.717) is 11.4 Å². The summed E-state index contributed by atoms with van der Waals surface area (Å²) in [4.78, 5) is 16.6. The predicted molar refractivity (Wildman–Crippen MR) is 105 cm³/mol. The number of nitrogens with one attached hydrogen (secondary N) is 1. The molecule has 1 aromatic heterocycles. The van der Waals surface area contributed by atoms with Gasteiger partial charge in [-0.15, -0.1) is 0 Å². The molecule has 0 unspecified atom stereocenters. The van der Waals surface area contributed by atoms with Crippen molar-refractivity contribution in [3.05, 3.63) is 84.7 Å². The molecular formula is C20H19N3O3S. The Kier molecular flexibility index (Phi) is 5.52. The molecule has 3 aromatic rings. The number of carbonyl (C=O) groups excluding carboxylic acids is 1. The molecule has 1 heterocycles. The zero-order valence-electron chi connectivity index (χ0n) is 14.7. The van der Waals surface area contributed by atoms with E-state index in [1.165, 1.54) is 18.3 Å². The number of nitrogens with zero attached hydrogens (tertiary/aromatic N) is 2. The molecular weight excluding hydrogens is 362 g/mol. The lowest BCUT2D eigenvalue weighted by Crippen LogP contribution is -2.38. The molecule has 0 aliphatic rings. The second-order valence-corrected chi connectivity index (χ2v) is 7.76. The van der Waals surface area contributed by atoms with E-state index in [9.17, 15) is 13.2 Å². The molecule has 0 spiro atoms. The Labute approximate surface area is 158 Å². The Morgan fingerprint density at radius 2 is 1.70 bits per heavy atom. The minimum absolute atomic E-state index is 0.127. The standard InChI is InChI=1S/C20H19N3O3S/c1-16-8-5-6-12-19(16)23(27(25,26)18-10-3-2-4-11-18)15-20(24)22-17-9-7-13-21-14-17/h2-14H,15H2,1H3,(H,22,24). The van der Waals surface area contributed by atoms with E-state index in [0.717, 1.165) is 9.87 Å². The van der Waals surface area contributed by atoms with Crippen LogP contribution in [-0.4, -0.2) is 25.9 Å². The minimum Gasteiger partial charge on any atom is -0.323 e. The number of benzene rings is 2. The highest BCUT2D eigenvalue weighted by molar-refractivity contribution is 7.92. The number of pyridine rings is 1. The van der Waals surface area contributed by atoms with Crippen LogP contribution in [0.1, 0.15) is 5.56 Å². The van der Waals surface area contributed by atoms with Crippen LogP contribution < -0.4 is 9.62 Å². The summed E-state index contributed by atoms with van der Waals surface area (Å²) in [5.74, 6) is -0.453. The van der Waals surface area contributed by atoms with Crippen LogP contribution >= 0.6 is 0 Å². The van der Waals surface area contributed by atoms with Crippen LogP contribution in [0.25, 0.3) is 0 Å². The summed E-state index contributed by atoms with van der Waals surface area (Å²) in [5.41, 5.74) is 1.72. The summed E-state index contributed by atoms with van der Waals surface area (Å²) in [6.45, 7) is 1.46. The van der Waals surface area contributed by atoms with E-state index in [1.807, 2.05) is 19.1 Å². The summed E-state index contributed by atoms with van der Waals surface area (Å²) < 4.78 is 27.5. The first kappa shape index (κ1) is 18.6.